The maximum atomic E-state index is 11.9. The molecule has 0 radical (unpaired) electrons. The smallest absolute Gasteiger partial charge is 0.323 e. The number of nitrogens with two attached hydrogens (primary N) is 1. The zero-order valence-electron chi connectivity index (χ0n) is 10.7. The van der Waals surface area contributed by atoms with E-state index in [-0.39, 0.29) is 0 Å². The number of amides is 2. The summed E-state index contributed by atoms with van der Waals surface area (Å²) in [6.45, 7) is 1.83. The molecular formula is C14H13Cl2N3O. The van der Waals surface area contributed by atoms with Crippen molar-refractivity contribution < 1.29 is 4.79 Å². The van der Waals surface area contributed by atoms with Gasteiger partial charge in [0.2, 0.25) is 0 Å². The zero-order valence-corrected chi connectivity index (χ0v) is 12.2. The van der Waals surface area contributed by atoms with Crippen LogP contribution >= 0.6 is 23.2 Å². The van der Waals surface area contributed by atoms with Gasteiger partial charge in [-0.25, -0.2) is 4.79 Å². The Morgan fingerprint density at radius 1 is 1.10 bits per heavy atom. The van der Waals surface area contributed by atoms with Crippen LogP contribution < -0.4 is 16.4 Å². The molecule has 0 aliphatic heterocycles. The van der Waals surface area contributed by atoms with Crippen LogP contribution in [0.15, 0.2) is 36.4 Å². The van der Waals surface area contributed by atoms with Crippen LogP contribution in [-0.4, -0.2) is 6.03 Å². The minimum Gasteiger partial charge on any atom is -0.398 e. The highest BCUT2D eigenvalue weighted by molar-refractivity contribution is 6.35. The number of urea groups is 1. The van der Waals surface area contributed by atoms with Crippen molar-refractivity contribution in [2.45, 2.75) is 6.92 Å². The molecule has 2 aromatic carbocycles. The number of rotatable bonds is 2. The van der Waals surface area contributed by atoms with Crippen LogP contribution in [0, 0.1) is 6.92 Å². The number of carbonyl (C=O) groups is 1. The van der Waals surface area contributed by atoms with Gasteiger partial charge in [0, 0.05) is 27.1 Å². The predicted molar refractivity (Wildman–Crippen MR) is 84.7 cm³/mol. The Morgan fingerprint density at radius 2 is 1.75 bits per heavy atom. The lowest BCUT2D eigenvalue weighted by Gasteiger charge is -2.11. The first-order valence-corrected chi connectivity index (χ1v) is 6.60. The molecule has 0 heterocycles. The molecule has 0 fully saturated rings. The monoisotopic (exact) mass is 309 g/mol. The molecule has 104 valence electrons. The second-order valence-electron chi connectivity index (χ2n) is 4.26. The van der Waals surface area contributed by atoms with Gasteiger partial charge < -0.3 is 16.4 Å². The van der Waals surface area contributed by atoms with Gasteiger partial charge in [-0.1, -0.05) is 29.3 Å². The van der Waals surface area contributed by atoms with Gasteiger partial charge in [-0.3, -0.25) is 0 Å². The Hall–Kier alpha value is -1.91. The normalized spacial score (nSPS) is 10.2. The maximum absolute atomic E-state index is 11.9. The van der Waals surface area contributed by atoms with E-state index in [0.29, 0.717) is 27.1 Å². The van der Waals surface area contributed by atoms with Crippen molar-refractivity contribution in [1.29, 1.82) is 0 Å². The molecule has 20 heavy (non-hydrogen) atoms. The third-order valence-corrected chi connectivity index (χ3v) is 3.18. The summed E-state index contributed by atoms with van der Waals surface area (Å²) in [4.78, 5) is 11.9. The molecule has 0 unspecified atom stereocenters. The first-order valence-electron chi connectivity index (χ1n) is 5.85. The number of benzene rings is 2. The van der Waals surface area contributed by atoms with Crippen molar-refractivity contribution in [2.75, 3.05) is 16.4 Å². The first kappa shape index (κ1) is 14.5. The number of halogens is 2. The maximum Gasteiger partial charge on any atom is 0.323 e. The summed E-state index contributed by atoms with van der Waals surface area (Å²) >= 11 is 11.7. The summed E-state index contributed by atoms with van der Waals surface area (Å²) in [7, 11) is 0. The molecule has 0 atom stereocenters. The quantitative estimate of drug-likeness (QED) is 0.713. The van der Waals surface area contributed by atoms with Crippen LogP contribution in [0.3, 0.4) is 0 Å². The topological polar surface area (TPSA) is 67.1 Å². The van der Waals surface area contributed by atoms with E-state index in [2.05, 4.69) is 10.6 Å². The molecule has 4 nitrogen and oxygen atoms in total. The summed E-state index contributed by atoms with van der Waals surface area (Å²) in [5, 5.41) is 6.28. The lowest BCUT2D eigenvalue weighted by molar-refractivity contribution is 0.262. The molecule has 2 aromatic rings. The van der Waals surface area contributed by atoms with Crippen LogP contribution in [0.25, 0.3) is 0 Å². The lowest BCUT2D eigenvalue weighted by Crippen LogP contribution is -2.20. The standard InChI is InChI=1S/C14H13Cl2N3O/c1-8-12(17)3-2-4-13(8)19-14(20)18-11-6-9(15)5-10(16)7-11/h2-7H,17H2,1H3,(H2,18,19,20). The highest BCUT2D eigenvalue weighted by atomic mass is 35.5. The minimum absolute atomic E-state index is 0.392. The second kappa shape index (κ2) is 6.03. The summed E-state index contributed by atoms with van der Waals surface area (Å²) in [5.74, 6) is 0. The molecule has 0 aliphatic carbocycles. The van der Waals surface area contributed by atoms with Crippen LogP contribution in [0.2, 0.25) is 10.0 Å². The minimum atomic E-state index is -0.392. The fraction of sp³-hybridized carbons (Fsp3) is 0.0714. The van der Waals surface area contributed by atoms with Crippen LogP contribution in [0.5, 0.6) is 0 Å². The molecule has 6 heteroatoms. The molecular weight excluding hydrogens is 297 g/mol. The fourth-order valence-electron chi connectivity index (χ4n) is 1.70. The molecule has 0 bridgehead atoms. The van der Waals surface area contributed by atoms with Gasteiger partial charge in [-0.05, 0) is 42.8 Å². The van der Waals surface area contributed by atoms with Crippen molar-refractivity contribution in [3.8, 4) is 0 Å². The molecule has 2 amide bonds. The van der Waals surface area contributed by atoms with Crippen molar-refractivity contribution in [3.63, 3.8) is 0 Å². The van der Waals surface area contributed by atoms with E-state index < -0.39 is 6.03 Å². The summed E-state index contributed by atoms with van der Waals surface area (Å²) in [5.41, 5.74) is 8.38. The van der Waals surface area contributed by atoms with Crippen LogP contribution in [0.4, 0.5) is 21.9 Å². The Morgan fingerprint density at radius 3 is 2.40 bits per heavy atom. The fourth-order valence-corrected chi connectivity index (χ4v) is 2.23. The largest absolute Gasteiger partial charge is 0.398 e. The summed E-state index contributed by atoms with van der Waals surface area (Å²) < 4.78 is 0. The van der Waals surface area contributed by atoms with E-state index in [0.717, 1.165) is 5.56 Å². The average Bonchev–Trinajstić information content (AvgIpc) is 2.33. The number of hydrogen-bond donors (Lipinski definition) is 3. The van der Waals surface area contributed by atoms with Gasteiger partial charge >= 0.3 is 6.03 Å². The summed E-state index contributed by atoms with van der Waals surface area (Å²) in [6, 6.07) is 9.74. The molecule has 0 aliphatic rings. The molecule has 2 rings (SSSR count). The lowest BCUT2D eigenvalue weighted by atomic mass is 10.1. The van der Waals surface area contributed by atoms with E-state index in [4.69, 9.17) is 28.9 Å². The number of nitrogen functional groups attached to an aromatic ring is 1. The van der Waals surface area contributed by atoms with Crippen LogP contribution in [0.1, 0.15) is 5.56 Å². The Labute approximate surface area is 126 Å². The molecule has 4 N–H and O–H groups in total. The van der Waals surface area contributed by atoms with Crippen LogP contribution in [-0.2, 0) is 0 Å². The van der Waals surface area contributed by atoms with Gasteiger partial charge in [0.1, 0.15) is 0 Å². The third kappa shape index (κ3) is 3.56. The van der Waals surface area contributed by atoms with Crippen molar-refractivity contribution in [2.24, 2.45) is 0 Å². The third-order valence-electron chi connectivity index (χ3n) is 2.74. The average molecular weight is 310 g/mol. The van der Waals surface area contributed by atoms with E-state index >= 15 is 0 Å². The highest BCUT2D eigenvalue weighted by Gasteiger charge is 2.07. The first-order chi connectivity index (χ1) is 9.45. The van der Waals surface area contributed by atoms with E-state index in [1.807, 2.05) is 6.92 Å². The van der Waals surface area contributed by atoms with Crippen molar-refractivity contribution >= 4 is 46.3 Å². The Bertz CT molecular complexity index is 639. The molecule has 0 spiro atoms. The Kier molecular flexibility index (Phi) is 4.37. The predicted octanol–water partition coefficient (Wildman–Crippen LogP) is 4.53. The van der Waals surface area contributed by atoms with E-state index in [1.54, 1.807) is 36.4 Å². The second-order valence-corrected chi connectivity index (χ2v) is 5.13. The Balaban J connectivity index is 2.11. The van der Waals surface area contributed by atoms with Crippen molar-refractivity contribution in [1.82, 2.24) is 0 Å². The van der Waals surface area contributed by atoms with E-state index in [9.17, 15) is 4.79 Å². The highest BCUT2D eigenvalue weighted by Crippen LogP contribution is 2.23. The SMILES string of the molecule is Cc1c(N)cccc1NC(=O)Nc1cc(Cl)cc(Cl)c1. The zero-order chi connectivity index (χ0) is 14.7. The molecule has 0 aromatic heterocycles. The number of carbonyl (C=O) groups excluding carboxylic acids is 1. The van der Waals surface area contributed by atoms with Gasteiger partial charge in [0.15, 0.2) is 0 Å². The number of hydrogen-bond acceptors (Lipinski definition) is 2. The van der Waals surface area contributed by atoms with Gasteiger partial charge in [-0.15, -0.1) is 0 Å². The molecule has 0 saturated carbocycles. The summed E-state index contributed by atoms with van der Waals surface area (Å²) in [6.07, 6.45) is 0. The van der Waals surface area contributed by atoms with Gasteiger partial charge in [0.25, 0.3) is 0 Å². The van der Waals surface area contributed by atoms with E-state index in [1.165, 1.54) is 0 Å². The van der Waals surface area contributed by atoms with Crippen molar-refractivity contribution in [3.05, 3.63) is 52.0 Å². The number of anilines is 3. The van der Waals surface area contributed by atoms with Gasteiger partial charge in [-0.2, -0.15) is 0 Å². The van der Waals surface area contributed by atoms with Gasteiger partial charge in [0.05, 0.1) is 0 Å². The number of nitrogens with one attached hydrogen (secondary N) is 2. The molecule has 0 saturated heterocycles.